The molecule has 2 rings (SSSR count). The van der Waals surface area contributed by atoms with Gasteiger partial charge in [-0.1, -0.05) is 12.1 Å². The Hall–Kier alpha value is -1.56. The highest BCUT2D eigenvalue weighted by Gasteiger charge is 2.40. The number of carbonyl (C=O) groups excluding carboxylic acids is 1. The molecule has 1 aliphatic rings. The molecule has 0 bridgehead atoms. The van der Waals surface area contributed by atoms with Gasteiger partial charge in [-0.15, -0.1) is 0 Å². The lowest BCUT2D eigenvalue weighted by molar-refractivity contribution is -0.141. The van der Waals surface area contributed by atoms with Crippen molar-refractivity contribution in [1.82, 2.24) is 4.90 Å². The number of aliphatic carboxylic acids is 1. The van der Waals surface area contributed by atoms with Crippen molar-refractivity contribution in [3.8, 4) is 0 Å². The second kappa shape index (κ2) is 6.26. The number of thioether (sulfide) groups is 1. The first kappa shape index (κ1) is 14.8. The third kappa shape index (κ3) is 3.12. The molecule has 1 amide bonds. The average Bonchev–Trinajstić information content (AvgIpc) is 2.85. The Balaban J connectivity index is 2.19. The van der Waals surface area contributed by atoms with Crippen molar-refractivity contribution in [2.75, 3.05) is 25.1 Å². The fourth-order valence-corrected chi connectivity index (χ4v) is 2.95. The van der Waals surface area contributed by atoms with Crippen LogP contribution in [0, 0.1) is 11.7 Å². The van der Waals surface area contributed by atoms with E-state index in [-0.39, 0.29) is 24.2 Å². The minimum absolute atomic E-state index is 0.0478. The molecule has 0 aliphatic carbocycles. The lowest BCUT2D eigenvalue weighted by Gasteiger charge is -2.16. The highest BCUT2D eigenvalue weighted by atomic mass is 32.2. The van der Waals surface area contributed by atoms with Gasteiger partial charge < -0.3 is 10.0 Å². The standard InChI is InChI=1S/C14H16FNO3S/c1-20-8-13(17)16-6-11(12(7-16)14(18)19)9-2-4-10(15)5-3-9/h2-5,11-12H,6-8H2,1H3,(H,18,19)/t11-,12+/m1/s1. The fourth-order valence-electron chi connectivity index (χ4n) is 2.52. The Morgan fingerprint density at radius 1 is 1.35 bits per heavy atom. The molecule has 0 unspecified atom stereocenters. The first-order valence-corrected chi connectivity index (χ1v) is 7.67. The summed E-state index contributed by atoms with van der Waals surface area (Å²) >= 11 is 1.42. The van der Waals surface area contributed by atoms with Crippen LogP contribution in [0.5, 0.6) is 0 Å². The number of hydrogen-bond donors (Lipinski definition) is 1. The van der Waals surface area contributed by atoms with Crippen molar-refractivity contribution in [1.29, 1.82) is 0 Å². The predicted octanol–water partition coefficient (Wildman–Crippen LogP) is 1.82. The Kier molecular flexibility index (Phi) is 4.65. The number of carboxylic acids is 1. The van der Waals surface area contributed by atoms with Gasteiger partial charge in [0, 0.05) is 19.0 Å². The van der Waals surface area contributed by atoms with Crippen LogP contribution in [0.25, 0.3) is 0 Å². The number of amides is 1. The molecular formula is C14H16FNO3S. The second-order valence-electron chi connectivity index (χ2n) is 4.83. The van der Waals surface area contributed by atoms with Gasteiger partial charge in [0.1, 0.15) is 5.82 Å². The second-order valence-corrected chi connectivity index (χ2v) is 5.70. The minimum Gasteiger partial charge on any atom is -0.481 e. The normalized spacial score (nSPS) is 22.0. The Morgan fingerprint density at radius 2 is 2.00 bits per heavy atom. The first-order chi connectivity index (χ1) is 9.52. The summed E-state index contributed by atoms with van der Waals surface area (Å²) in [6, 6.07) is 5.83. The maximum absolute atomic E-state index is 13.0. The molecule has 0 spiro atoms. The highest BCUT2D eigenvalue weighted by Crippen LogP contribution is 2.33. The van der Waals surface area contributed by atoms with Crippen LogP contribution in [0.1, 0.15) is 11.5 Å². The highest BCUT2D eigenvalue weighted by molar-refractivity contribution is 7.99. The van der Waals surface area contributed by atoms with Crippen molar-refractivity contribution >= 4 is 23.6 Å². The summed E-state index contributed by atoms with van der Waals surface area (Å²) in [5.41, 5.74) is 0.762. The van der Waals surface area contributed by atoms with Crippen LogP contribution in [0.3, 0.4) is 0 Å². The molecule has 1 aliphatic heterocycles. The van der Waals surface area contributed by atoms with E-state index in [0.29, 0.717) is 12.3 Å². The molecule has 1 heterocycles. The van der Waals surface area contributed by atoms with E-state index < -0.39 is 11.9 Å². The SMILES string of the molecule is CSCC(=O)N1C[C@H](C(=O)O)[C@@H](c2ccc(F)cc2)C1. The van der Waals surface area contributed by atoms with Crippen LogP contribution in [-0.2, 0) is 9.59 Å². The third-order valence-corrected chi connectivity index (χ3v) is 4.09. The molecule has 1 aromatic rings. The molecule has 0 radical (unpaired) electrons. The zero-order valence-corrected chi connectivity index (χ0v) is 11.9. The molecule has 1 fully saturated rings. The summed E-state index contributed by atoms with van der Waals surface area (Å²) in [6.45, 7) is 0.596. The van der Waals surface area contributed by atoms with Crippen LogP contribution >= 0.6 is 11.8 Å². The van der Waals surface area contributed by atoms with E-state index in [1.807, 2.05) is 6.26 Å². The molecule has 1 saturated heterocycles. The summed E-state index contributed by atoms with van der Waals surface area (Å²) in [7, 11) is 0. The van der Waals surface area contributed by atoms with E-state index in [2.05, 4.69) is 0 Å². The number of hydrogen-bond acceptors (Lipinski definition) is 3. The van der Waals surface area contributed by atoms with Crippen LogP contribution in [0.2, 0.25) is 0 Å². The molecule has 4 nitrogen and oxygen atoms in total. The van der Waals surface area contributed by atoms with Gasteiger partial charge in [-0.3, -0.25) is 9.59 Å². The zero-order valence-electron chi connectivity index (χ0n) is 11.1. The van der Waals surface area contributed by atoms with Gasteiger partial charge in [0.25, 0.3) is 0 Å². The van der Waals surface area contributed by atoms with Crippen molar-refractivity contribution < 1.29 is 19.1 Å². The van der Waals surface area contributed by atoms with Gasteiger partial charge in [0.15, 0.2) is 0 Å². The number of nitrogens with zero attached hydrogens (tertiary/aromatic N) is 1. The molecule has 1 aromatic carbocycles. The van der Waals surface area contributed by atoms with E-state index in [4.69, 9.17) is 0 Å². The van der Waals surface area contributed by atoms with Crippen LogP contribution < -0.4 is 0 Å². The van der Waals surface area contributed by atoms with E-state index in [0.717, 1.165) is 5.56 Å². The largest absolute Gasteiger partial charge is 0.481 e. The number of rotatable bonds is 4. The van der Waals surface area contributed by atoms with Crippen molar-refractivity contribution in [2.24, 2.45) is 5.92 Å². The summed E-state index contributed by atoms with van der Waals surface area (Å²) < 4.78 is 13.0. The molecule has 6 heteroatoms. The summed E-state index contributed by atoms with van der Waals surface area (Å²) in [5.74, 6) is -1.88. The van der Waals surface area contributed by atoms with Gasteiger partial charge in [0.05, 0.1) is 11.7 Å². The van der Waals surface area contributed by atoms with Gasteiger partial charge >= 0.3 is 5.97 Å². The van der Waals surface area contributed by atoms with Gasteiger partial charge in [-0.05, 0) is 24.0 Å². The van der Waals surface area contributed by atoms with Gasteiger partial charge in [0.2, 0.25) is 5.91 Å². The molecule has 20 heavy (non-hydrogen) atoms. The van der Waals surface area contributed by atoms with Crippen LogP contribution in [0.4, 0.5) is 4.39 Å². The summed E-state index contributed by atoms with van der Waals surface area (Å²) in [5, 5.41) is 9.31. The zero-order chi connectivity index (χ0) is 14.7. The molecule has 2 atom stereocenters. The van der Waals surface area contributed by atoms with E-state index in [9.17, 15) is 19.1 Å². The molecule has 1 N–H and O–H groups in total. The van der Waals surface area contributed by atoms with E-state index in [1.165, 1.54) is 23.9 Å². The molecule has 0 aromatic heterocycles. The van der Waals surface area contributed by atoms with Crippen LogP contribution in [0.15, 0.2) is 24.3 Å². The fraction of sp³-hybridized carbons (Fsp3) is 0.429. The van der Waals surface area contributed by atoms with Crippen molar-refractivity contribution in [3.05, 3.63) is 35.6 Å². The topological polar surface area (TPSA) is 57.6 Å². The van der Waals surface area contributed by atoms with E-state index >= 15 is 0 Å². The quantitative estimate of drug-likeness (QED) is 0.921. The Bertz CT molecular complexity index is 506. The average molecular weight is 297 g/mol. The third-order valence-electron chi connectivity index (χ3n) is 3.56. The molecular weight excluding hydrogens is 281 g/mol. The van der Waals surface area contributed by atoms with Crippen LogP contribution in [-0.4, -0.2) is 47.0 Å². The number of halogens is 1. The van der Waals surface area contributed by atoms with Gasteiger partial charge in [-0.25, -0.2) is 4.39 Å². The van der Waals surface area contributed by atoms with E-state index in [1.54, 1.807) is 17.0 Å². The number of likely N-dealkylation sites (tertiary alicyclic amines) is 1. The number of carbonyl (C=O) groups is 2. The Morgan fingerprint density at radius 3 is 2.55 bits per heavy atom. The predicted molar refractivity (Wildman–Crippen MR) is 75.2 cm³/mol. The summed E-state index contributed by atoms with van der Waals surface area (Å²) in [4.78, 5) is 24.8. The van der Waals surface area contributed by atoms with Gasteiger partial charge in [-0.2, -0.15) is 11.8 Å². The lowest BCUT2D eigenvalue weighted by Crippen LogP contribution is -2.31. The van der Waals surface area contributed by atoms with Crippen molar-refractivity contribution in [2.45, 2.75) is 5.92 Å². The Labute approximate surface area is 121 Å². The first-order valence-electron chi connectivity index (χ1n) is 6.28. The molecule has 108 valence electrons. The maximum atomic E-state index is 13.0. The lowest BCUT2D eigenvalue weighted by atomic mass is 9.89. The maximum Gasteiger partial charge on any atom is 0.308 e. The minimum atomic E-state index is -0.918. The number of carboxylic acid groups (broad SMARTS) is 1. The molecule has 0 saturated carbocycles. The monoisotopic (exact) mass is 297 g/mol. The van der Waals surface area contributed by atoms with Crippen molar-refractivity contribution in [3.63, 3.8) is 0 Å². The number of benzene rings is 1. The smallest absolute Gasteiger partial charge is 0.308 e. The summed E-state index contributed by atoms with van der Waals surface area (Å²) in [6.07, 6.45) is 1.83.